The van der Waals surface area contributed by atoms with Crippen molar-refractivity contribution < 1.29 is 9.84 Å². The molecule has 28 heavy (non-hydrogen) atoms. The molecule has 0 bridgehead atoms. The summed E-state index contributed by atoms with van der Waals surface area (Å²) in [7, 11) is 0. The molecule has 2 aromatic carbocycles. The van der Waals surface area contributed by atoms with Crippen LogP contribution in [0.2, 0.25) is 0 Å². The van der Waals surface area contributed by atoms with Gasteiger partial charge in [0, 0.05) is 12.1 Å². The summed E-state index contributed by atoms with van der Waals surface area (Å²) in [5, 5.41) is 21.5. The summed E-state index contributed by atoms with van der Waals surface area (Å²) in [4.78, 5) is 0. The van der Waals surface area contributed by atoms with Crippen LogP contribution in [-0.4, -0.2) is 41.1 Å². The first kappa shape index (κ1) is 19.8. The number of nitrogen functional groups attached to an aromatic ring is 1. The van der Waals surface area contributed by atoms with Gasteiger partial charge in [-0.25, -0.2) is 5.84 Å². The van der Waals surface area contributed by atoms with Gasteiger partial charge in [0.05, 0.1) is 5.69 Å². The lowest BCUT2D eigenvalue weighted by Gasteiger charge is -2.14. The molecule has 0 aliphatic carbocycles. The van der Waals surface area contributed by atoms with E-state index in [4.69, 9.17) is 10.6 Å². The number of hydrogen-bond donors (Lipinski definition) is 4. The summed E-state index contributed by atoms with van der Waals surface area (Å²) in [5.41, 5.74) is 5.32. The Hall–Kier alpha value is -3.00. The average Bonchev–Trinajstić information content (AvgIpc) is 2.76. The van der Waals surface area contributed by atoms with Crippen LogP contribution < -0.4 is 21.3 Å². The molecule has 5 N–H and O–H groups in total. The fourth-order valence-corrected chi connectivity index (χ4v) is 2.71. The van der Waals surface area contributed by atoms with E-state index >= 15 is 0 Å². The molecule has 0 aliphatic heterocycles. The van der Waals surface area contributed by atoms with Gasteiger partial charge in [-0.2, -0.15) is 0 Å². The van der Waals surface area contributed by atoms with Crippen molar-refractivity contribution in [2.24, 2.45) is 5.84 Å². The lowest BCUT2D eigenvalue weighted by Crippen LogP contribution is -2.32. The molecule has 1 heterocycles. The van der Waals surface area contributed by atoms with Crippen LogP contribution in [0.3, 0.4) is 0 Å². The Bertz CT molecular complexity index is 843. The molecule has 0 amide bonds. The fraction of sp³-hybridized carbons (Fsp3) is 0.238. The molecule has 0 fully saturated rings. The van der Waals surface area contributed by atoms with Gasteiger partial charge < -0.3 is 20.6 Å². The van der Waals surface area contributed by atoms with E-state index < -0.39 is 6.10 Å². The number of nitrogens with one attached hydrogen (secondary N) is 2. The lowest BCUT2D eigenvalue weighted by molar-refractivity contribution is 0.106. The fourth-order valence-electron chi connectivity index (χ4n) is 2.71. The Morgan fingerprint density at radius 2 is 1.86 bits per heavy atom. The second-order valence-electron chi connectivity index (χ2n) is 6.38. The van der Waals surface area contributed by atoms with Crippen LogP contribution in [-0.2, 0) is 6.42 Å². The van der Waals surface area contributed by atoms with E-state index in [0.29, 0.717) is 23.8 Å². The number of aliphatic hydroxyl groups is 1. The Labute approximate surface area is 164 Å². The largest absolute Gasteiger partial charge is 0.491 e. The van der Waals surface area contributed by atoms with Crippen LogP contribution in [0.15, 0.2) is 66.7 Å². The van der Waals surface area contributed by atoms with Crippen LogP contribution in [0.25, 0.3) is 11.3 Å². The first-order chi connectivity index (χ1) is 13.7. The highest BCUT2D eigenvalue weighted by molar-refractivity contribution is 5.61. The van der Waals surface area contributed by atoms with Gasteiger partial charge in [-0.1, -0.05) is 42.5 Å². The smallest absolute Gasteiger partial charge is 0.162 e. The number of benzene rings is 2. The topological polar surface area (TPSA) is 105 Å². The van der Waals surface area contributed by atoms with Crippen LogP contribution in [0.1, 0.15) is 5.56 Å². The number of rotatable bonds is 10. The summed E-state index contributed by atoms with van der Waals surface area (Å²) in [6.07, 6.45) is 0.338. The Morgan fingerprint density at radius 1 is 1.00 bits per heavy atom. The number of ether oxygens (including phenoxy) is 1. The van der Waals surface area contributed by atoms with Gasteiger partial charge >= 0.3 is 0 Å². The zero-order valence-electron chi connectivity index (χ0n) is 15.6. The number of nitrogens with zero attached hydrogens (tertiary/aromatic N) is 2. The normalized spacial score (nSPS) is 11.8. The van der Waals surface area contributed by atoms with Crippen molar-refractivity contribution in [3.8, 4) is 17.0 Å². The summed E-state index contributed by atoms with van der Waals surface area (Å²) < 4.78 is 5.72. The SMILES string of the molecule is NNc1ccc(-c2cccc(OCC(O)CNCCc3ccccc3)c2)nn1. The van der Waals surface area contributed by atoms with Crippen LogP contribution >= 0.6 is 0 Å². The van der Waals surface area contributed by atoms with Crippen LogP contribution in [0.4, 0.5) is 5.82 Å². The highest BCUT2D eigenvalue weighted by Gasteiger charge is 2.07. The van der Waals surface area contributed by atoms with Gasteiger partial charge in [0.15, 0.2) is 5.82 Å². The summed E-state index contributed by atoms with van der Waals surface area (Å²) in [5.74, 6) is 6.47. The third-order valence-corrected chi connectivity index (χ3v) is 4.20. The zero-order valence-corrected chi connectivity index (χ0v) is 15.6. The third kappa shape index (κ3) is 6.02. The zero-order chi connectivity index (χ0) is 19.6. The van der Waals surface area contributed by atoms with E-state index in [0.717, 1.165) is 18.5 Å². The summed E-state index contributed by atoms with van der Waals surface area (Å²) in [6, 6.07) is 21.4. The maximum Gasteiger partial charge on any atom is 0.162 e. The van der Waals surface area contributed by atoms with E-state index in [1.54, 1.807) is 6.07 Å². The maximum absolute atomic E-state index is 10.1. The van der Waals surface area contributed by atoms with Crippen molar-refractivity contribution in [1.82, 2.24) is 15.5 Å². The highest BCUT2D eigenvalue weighted by atomic mass is 16.5. The number of hydrogen-bond acceptors (Lipinski definition) is 7. The van der Waals surface area contributed by atoms with Gasteiger partial charge in [-0.05, 0) is 42.8 Å². The molecule has 146 valence electrons. The number of nitrogens with two attached hydrogens (primary N) is 1. The molecule has 0 spiro atoms. The molecule has 3 aromatic rings. The second-order valence-corrected chi connectivity index (χ2v) is 6.38. The van der Waals surface area contributed by atoms with Crippen LogP contribution in [0, 0.1) is 0 Å². The van der Waals surface area contributed by atoms with Crippen molar-refractivity contribution in [1.29, 1.82) is 0 Å². The molecule has 1 atom stereocenters. The molecular formula is C21H25N5O2. The minimum atomic E-state index is -0.589. The molecule has 0 saturated heterocycles. The van der Waals surface area contributed by atoms with Gasteiger partial charge in [0.25, 0.3) is 0 Å². The Balaban J connectivity index is 1.43. The summed E-state index contributed by atoms with van der Waals surface area (Å²) >= 11 is 0. The van der Waals surface area contributed by atoms with Crippen molar-refractivity contribution >= 4 is 5.82 Å². The number of anilines is 1. The molecule has 0 aliphatic rings. The Kier molecular flexibility index (Phi) is 7.31. The minimum Gasteiger partial charge on any atom is -0.491 e. The van der Waals surface area contributed by atoms with E-state index in [1.807, 2.05) is 48.5 Å². The second kappa shape index (κ2) is 10.4. The van der Waals surface area contributed by atoms with E-state index in [2.05, 4.69) is 33.1 Å². The first-order valence-corrected chi connectivity index (χ1v) is 9.21. The van der Waals surface area contributed by atoms with E-state index in [9.17, 15) is 5.11 Å². The number of aromatic nitrogens is 2. The van der Waals surface area contributed by atoms with Crippen molar-refractivity contribution in [2.75, 3.05) is 25.1 Å². The molecule has 0 saturated carbocycles. The van der Waals surface area contributed by atoms with Gasteiger partial charge in [-0.15, -0.1) is 10.2 Å². The molecule has 0 radical (unpaired) electrons. The van der Waals surface area contributed by atoms with Crippen molar-refractivity contribution in [3.05, 3.63) is 72.3 Å². The van der Waals surface area contributed by atoms with E-state index in [1.165, 1.54) is 5.56 Å². The molecule has 7 heteroatoms. The molecule has 7 nitrogen and oxygen atoms in total. The molecule has 3 rings (SSSR count). The maximum atomic E-state index is 10.1. The Morgan fingerprint density at radius 3 is 2.61 bits per heavy atom. The van der Waals surface area contributed by atoms with Gasteiger partial charge in [0.1, 0.15) is 18.5 Å². The molecule has 1 aromatic heterocycles. The predicted molar refractivity (Wildman–Crippen MR) is 110 cm³/mol. The first-order valence-electron chi connectivity index (χ1n) is 9.21. The predicted octanol–water partition coefficient (Wildman–Crippen LogP) is 2.00. The minimum absolute atomic E-state index is 0.212. The number of aliphatic hydroxyl groups excluding tert-OH is 1. The lowest BCUT2D eigenvalue weighted by atomic mass is 10.1. The quantitative estimate of drug-likeness (QED) is 0.243. The summed E-state index contributed by atoms with van der Waals surface area (Å²) in [6.45, 7) is 1.50. The molecular weight excluding hydrogens is 354 g/mol. The standard InChI is InChI=1S/C21H25N5O2/c22-24-21-10-9-20(25-26-21)17-7-4-8-19(13-17)28-15-18(27)14-23-12-11-16-5-2-1-3-6-16/h1-10,13,18,23,27H,11-12,14-15,22H2,(H,24,26). The van der Waals surface area contributed by atoms with Gasteiger partial charge in [-0.3, -0.25) is 0 Å². The van der Waals surface area contributed by atoms with Gasteiger partial charge in [0.2, 0.25) is 0 Å². The average molecular weight is 379 g/mol. The monoisotopic (exact) mass is 379 g/mol. The van der Waals surface area contributed by atoms with Crippen LogP contribution in [0.5, 0.6) is 5.75 Å². The van der Waals surface area contributed by atoms with Crippen molar-refractivity contribution in [3.63, 3.8) is 0 Å². The number of hydrazine groups is 1. The highest BCUT2D eigenvalue weighted by Crippen LogP contribution is 2.22. The molecule has 1 unspecified atom stereocenters. The third-order valence-electron chi connectivity index (χ3n) is 4.20. The van der Waals surface area contributed by atoms with E-state index in [-0.39, 0.29) is 6.61 Å². The van der Waals surface area contributed by atoms with Crippen molar-refractivity contribution in [2.45, 2.75) is 12.5 Å².